The standard InChI is InChI=1S/C8H3F2NO3/c9-4-1-3-6(2-5(4)10)11-8(13)14-7(3)12/h1-3H. The van der Waals surface area contributed by atoms with Gasteiger partial charge in [-0.1, -0.05) is 0 Å². The van der Waals surface area contributed by atoms with E-state index in [1.165, 1.54) is 0 Å². The lowest BCUT2D eigenvalue weighted by atomic mass is 9.97. The van der Waals surface area contributed by atoms with Gasteiger partial charge in [0.05, 0.1) is 5.71 Å². The van der Waals surface area contributed by atoms with E-state index in [4.69, 9.17) is 0 Å². The van der Waals surface area contributed by atoms with Crippen LogP contribution in [0.5, 0.6) is 0 Å². The molecule has 72 valence electrons. The molecule has 4 nitrogen and oxygen atoms in total. The van der Waals surface area contributed by atoms with E-state index in [0.29, 0.717) is 6.08 Å². The summed E-state index contributed by atoms with van der Waals surface area (Å²) in [5, 5.41) is 0. The van der Waals surface area contributed by atoms with Crippen LogP contribution >= 0.6 is 0 Å². The molecule has 0 fully saturated rings. The maximum absolute atomic E-state index is 12.7. The summed E-state index contributed by atoms with van der Waals surface area (Å²) in [6.45, 7) is 0. The summed E-state index contributed by atoms with van der Waals surface area (Å²) in [6.07, 6.45) is 0.322. The minimum absolute atomic E-state index is 0.134. The molecule has 0 spiro atoms. The van der Waals surface area contributed by atoms with Crippen molar-refractivity contribution < 1.29 is 23.1 Å². The Bertz CT molecular complexity index is 422. The van der Waals surface area contributed by atoms with Gasteiger partial charge in [0.2, 0.25) is 0 Å². The van der Waals surface area contributed by atoms with E-state index in [1.54, 1.807) is 0 Å². The van der Waals surface area contributed by atoms with Gasteiger partial charge in [0.1, 0.15) is 5.92 Å². The molecule has 2 rings (SSSR count). The minimum atomic E-state index is -1.15. The van der Waals surface area contributed by atoms with Crippen molar-refractivity contribution in [1.29, 1.82) is 0 Å². The number of halogens is 2. The molecule has 14 heavy (non-hydrogen) atoms. The van der Waals surface area contributed by atoms with Gasteiger partial charge in [-0.05, 0) is 12.2 Å². The van der Waals surface area contributed by atoms with Crippen molar-refractivity contribution in [3.05, 3.63) is 23.8 Å². The van der Waals surface area contributed by atoms with E-state index in [1.807, 2.05) is 0 Å². The molecule has 0 aromatic heterocycles. The van der Waals surface area contributed by atoms with Crippen molar-refractivity contribution in [2.75, 3.05) is 0 Å². The molecule has 0 saturated heterocycles. The summed E-state index contributed by atoms with van der Waals surface area (Å²) >= 11 is 0. The fourth-order valence-corrected chi connectivity index (χ4v) is 1.17. The predicted octanol–water partition coefficient (Wildman–Crippen LogP) is 1.44. The number of hydrogen-bond acceptors (Lipinski definition) is 3. The van der Waals surface area contributed by atoms with Gasteiger partial charge in [0.15, 0.2) is 11.7 Å². The summed E-state index contributed by atoms with van der Waals surface area (Å²) in [6, 6.07) is 0. The molecule has 1 amide bonds. The molecule has 1 aliphatic carbocycles. The third kappa shape index (κ3) is 1.24. The lowest BCUT2D eigenvalue weighted by Gasteiger charge is -2.18. The quantitative estimate of drug-likeness (QED) is 0.438. The van der Waals surface area contributed by atoms with E-state index >= 15 is 0 Å². The average Bonchev–Trinajstić information content (AvgIpc) is 2.08. The first kappa shape index (κ1) is 8.74. The van der Waals surface area contributed by atoms with Crippen molar-refractivity contribution in [3.63, 3.8) is 0 Å². The number of ether oxygens (including phenoxy) is 1. The summed E-state index contributed by atoms with van der Waals surface area (Å²) in [5.41, 5.74) is -0.134. The lowest BCUT2D eigenvalue weighted by molar-refractivity contribution is -0.138. The number of carbonyl (C=O) groups excluding carboxylic acids is 2. The van der Waals surface area contributed by atoms with Gasteiger partial charge in [0.25, 0.3) is 0 Å². The summed E-state index contributed by atoms with van der Waals surface area (Å²) in [5.74, 6) is -4.37. The number of aliphatic imine (C=N–C) groups is 1. The molecular weight excluding hydrogens is 196 g/mol. The van der Waals surface area contributed by atoms with Crippen molar-refractivity contribution >= 4 is 17.8 Å². The minimum Gasteiger partial charge on any atom is -0.374 e. The first-order chi connectivity index (χ1) is 6.58. The van der Waals surface area contributed by atoms with Crippen molar-refractivity contribution in [3.8, 4) is 0 Å². The predicted molar refractivity (Wildman–Crippen MR) is 40.8 cm³/mol. The highest BCUT2D eigenvalue weighted by Crippen LogP contribution is 2.26. The van der Waals surface area contributed by atoms with E-state index < -0.39 is 29.6 Å². The highest BCUT2D eigenvalue weighted by molar-refractivity contribution is 6.18. The van der Waals surface area contributed by atoms with Crippen molar-refractivity contribution in [2.45, 2.75) is 0 Å². The Morgan fingerprint density at radius 1 is 1.29 bits per heavy atom. The Hall–Kier alpha value is -1.85. The average molecular weight is 199 g/mol. The van der Waals surface area contributed by atoms with E-state index in [0.717, 1.165) is 6.08 Å². The van der Waals surface area contributed by atoms with E-state index in [2.05, 4.69) is 9.73 Å². The Kier molecular flexibility index (Phi) is 1.77. The number of cyclic esters (lactones) is 2. The third-order valence-electron chi connectivity index (χ3n) is 1.80. The normalized spacial score (nSPS) is 25.9. The first-order valence-corrected chi connectivity index (χ1v) is 3.67. The van der Waals surface area contributed by atoms with Crippen LogP contribution in [-0.4, -0.2) is 17.8 Å². The Balaban J connectivity index is 2.48. The second-order valence-corrected chi connectivity index (χ2v) is 2.71. The van der Waals surface area contributed by atoms with Crippen LogP contribution in [0.3, 0.4) is 0 Å². The molecule has 1 aliphatic heterocycles. The highest BCUT2D eigenvalue weighted by atomic mass is 19.2. The maximum Gasteiger partial charge on any atom is 0.441 e. The molecule has 0 saturated carbocycles. The molecular formula is C8H3F2NO3. The Morgan fingerprint density at radius 2 is 2.00 bits per heavy atom. The van der Waals surface area contributed by atoms with Gasteiger partial charge in [-0.3, -0.25) is 4.79 Å². The van der Waals surface area contributed by atoms with Crippen molar-refractivity contribution in [1.82, 2.24) is 0 Å². The number of amides is 1. The molecule has 0 bridgehead atoms. The fraction of sp³-hybridized carbons (Fsp3) is 0.125. The zero-order valence-corrected chi connectivity index (χ0v) is 6.66. The number of carbonyl (C=O) groups is 2. The molecule has 2 aliphatic rings. The summed E-state index contributed by atoms with van der Waals surface area (Å²) in [7, 11) is 0. The molecule has 0 radical (unpaired) electrons. The number of esters is 1. The molecule has 0 aromatic carbocycles. The smallest absolute Gasteiger partial charge is 0.374 e. The Morgan fingerprint density at radius 3 is 2.71 bits per heavy atom. The van der Waals surface area contributed by atoms with Crippen LogP contribution in [0.4, 0.5) is 13.6 Å². The van der Waals surface area contributed by atoms with Crippen LogP contribution in [0.2, 0.25) is 0 Å². The van der Waals surface area contributed by atoms with E-state index in [9.17, 15) is 18.4 Å². The van der Waals surface area contributed by atoms with Gasteiger partial charge >= 0.3 is 12.1 Å². The highest BCUT2D eigenvalue weighted by Gasteiger charge is 2.34. The molecule has 0 aromatic rings. The number of nitrogens with zero attached hydrogens (tertiary/aromatic N) is 1. The van der Waals surface area contributed by atoms with Crippen molar-refractivity contribution in [2.24, 2.45) is 10.9 Å². The third-order valence-corrected chi connectivity index (χ3v) is 1.80. The van der Waals surface area contributed by atoms with Crippen LogP contribution in [0.25, 0.3) is 0 Å². The number of hydrogen-bond donors (Lipinski definition) is 0. The van der Waals surface area contributed by atoms with E-state index in [-0.39, 0.29) is 5.71 Å². The largest absolute Gasteiger partial charge is 0.441 e. The number of rotatable bonds is 0. The van der Waals surface area contributed by atoms with Crippen LogP contribution in [-0.2, 0) is 9.53 Å². The molecule has 6 heteroatoms. The van der Waals surface area contributed by atoms with Gasteiger partial charge in [-0.25, -0.2) is 13.6 Å². The number of allylic oxidation sites excluding steroid dienone is 3. The Labute approximate surface area is 76.6 Å². The summed E-state index contributed by atoms with van der Waals surface area (Å²) < 4.78 is 29.5. The van der Waals surface area contributed by atoms with Gasteiger partial charge < -0.3 is 4.74 Å². The van der Waals surface area contributed by atoms with Crippen LogP contribution in [0.15, 0.2) is 28.8 Å². The van der Waals surface area contributed by atoms with Crippen LogP contribution in [0, 0.1) is 5.92 Å². The second-order valence-electron chi connectivity index (χ2n) is 2.71. The van der Waals surface area contributed by atoms with Crippen LogP contribution < -0.4 is 0 Å². The monoisotopic (exact) mass is 199 g/mol. The van der Waals surface area contributed by atoms with Gasteiger partial charge in [-0.15, -0.1) is 0 Å². The SMILES string of the molecule is O=C1N=C2C=C(F)C(F)=CC2C(=O)O1. The number of fused-ring (bicyclic) bond motifs is 1. The zero-order valence-electron chi connectivity index (χ0n) is 6.66. The maximum atomic E-state index is 12.7. The first-order valence-electron chi connectivity index (χ1n) is 3.67. The second kappa shape index (κ2) is 2.83. The topological polar surface area (TPSA) is 55.7 Å². The van der Waals surface area contributed by atoms with Gasteiger partial charge in [-0.2, -0.15) is 4.99 Å². The molecule has 1 heterocycles. The summed E-state index contributed by atoms with van der Waals surface area (Å²) in [4.78, 5) is 24.9. The van der Waals surface area contributed by atoms with Gasteiger partial charge in [0, 0.05) is 0 Å². The zero-order chi connectivity index (χ0) is 10.3. The fourth-order valence-electron chi connectivity index (χ4n) is 1.17. The molecule has 1 unspecified atom stereocenters. The molecule has 0 N–H and O–H groups in total. The lowest BCUT2D eigenvalue weighted by Crippen LogP contribution is -2.32. The van der Waals surface area contributed by atoms with Crippen LogP contribution in [0.1, 0.15) is 0 Å². The molecule has 1 atom stereocenters.